The van der Waals surface area contributed by atoms with Gasteiger partial charge in [0.1, 0.15) is 36.6 Å². The molecule has 6 rings (SSSR count). The molecular weight excluding hydrogens is 248 g/mol. The van der Waals surface area contributed by atoms with E-state index in [-0.39, 0.29) is 36.6 Å². The van der Waals surface area contributed by atoms with Crippen LogP contribution in [0.4, 0.5) is 5.69 Å². The Morgan fingerprint density at radius 1 is 0.947 bits per heavy atom. The van der Waals surface area contributed by atoms with Crippen molar-refractivity contribution in [3.8, 4) is 0 Å². The molecule has 98 valence electrons. The Bertz CT molecular complexity index is 569. The van der Waals surface area contributed by atoms with Gasteiger partial charge in [0.05, 0.1) is 0 Å². The predicted octanol–water partition coefficient (Wildman–Crippen LogP) is 0.273. The number of ether oxygens (including phenoxy) is 3. The first-order valence-corrected chi connectivity index (χ1v) is 6.66. The number of hydrogen-bond donors (Lipinski definition) is 1. The summed E-state index contributed by atoms with van der Waals surface area (Å²) in [6, 6.07) is 9.27. The van der Waals surface area contributed by atoms with Crippen molar-refractivity contribution < 1.29 is 19.0 Å². The van der Waals surface area contributed by atoms with Crippen LogP contribution < -0.4 is 5.32 Å². The molecule has 1 aromatic carbocycles. The zero-order valence-corrected chi connectivity index (χ0v) is 9.93. The lowest BCUT2D eigenvalue weighted by atomic mass is 9.93. The van der Waals surface area contributed by atoms with Crippen molar-refractivity contribution in [3.63, 3.8) is 0 Å². The number of fused-ring (bicyclic) bond motifs is 8. The molecule has 6 nitrogen and oxygen atoms in total. The molecule has 1 aliphatic carbocycles. The molecule has 1 saturated carbocycles. The molecule has 0 radical (unpaired) electrons. The van der Waals surface area contributed by atoms with Crippen molar-refractivity contribution in [1.82, 2.24) is 5.06 Å². The van der Waals surface area contributed by atoms with Gasteiger partial charge >= 0.3 is 6.03 Å². The van der Waals surface area contributed by atoms with Gasteiger partial charge in [0.25, 0.3) is 0 Å². The summed E-state index contributed by atoms with van der Waals surface area (Å²) < 4.78 is 17.4. The summed E-state index contributed by atoms with van der Waals surface area (Å²) in [6.45, 7) is 0. The fourth-order valence-corrected chi connectivity index (χ4v) is 3.56. The molecule has 6 heteroatoms. The molecule has 0 amide bonds. The Morgan fingerprint density at radius 3 is 2.58 bits per heavy atom. The highest BCUT2D eigenvalue weighted by Gasteiger charge is 2.82. The van der Waals surface area contributed by atoms with E-state index < -0.39 is 6.03 Å². The molecule has 19 heavy (non-hydrogen) atoms. The topological polar surface area (TPSA) is 61.9 Å². The van der Waals surface area contributed by atoms with Gasteiger partial charge in [-0.2, -0.15) is 0 Å². The molecule has 8 unspecified atom stereocenters. The Kier molecular flexibility index (Phi) is 1.42. The number of anilines is 1. The summed E-state index contributed by atoms with van der Waals surface area (Å²) in [4.78, 5) is 5.64. The minimum atomic E-state index is -0.811. The van der Waals surface area contributed by atoms with E-state index in [2.05, 4.69) is 5.32 Å². The van der Waals surface area contributed by atoms with E-state index in [4.69, 9.17) is 19.0 Å². The van der Waals surface area contributed by atoms with Crippen molar-refractivity contribution in [2.75, 3.05) is 5.32 Å². The third kappa shape index (κ3) is 1.11. The second-order valence-electron chi connectivity index (χ2n) is 5.69. The molecule has 1 aromatic rings. The summed E-state index contributed by atoms with van der Waals surface area (Å²) in [6.07, 6.45) is 0.944. The monoisotopic (exact) mass is 260 g/mol. The molecule has 1 N–H and O–H groups in total. The molecule has 4 heterocycles. The van der Waals surface area contributed by atoms with E-state index in [1.54, 1.807) is 0 Å². The largest absolute Gasteiger partial charge is 0.365 e. The lowest BCUT2D eigenvalue weighted by molar-refractivity contribution is -0.0941. The van der Waals surface area contributed by atoms with E-state index in [9.17, 15) is 0 Å². The van der Waals surface area contributed by atoms with Crippen molar-refractivity contribution in [2.45, 2.75) is 42.6 Å². The second kappa shape index (κ2) is 2.79. The zero-order chi connectivity index (χ0) is 12.2. The van der Waals surface area contributed by atoms with Crippen LogP contribution in [0.2, 0.25) is 0 Å². The van der Waals surface area contributed by atoms with E-state index in [1.165, 1.54) is 0 Å². The fraction of sp³-hybridized carbons (Fsp3) is 0.538. The van der Waals surface area contributed by atoms with Gasteiger partial charge in [-0.05, 0) is 12.1 Å². The molecule has 5 fully saturated rings. The Labute approximate surface area is 109 Å². The maximum Gasteiger partial charge on any atom is 0.357 e. The smallest absolute Gasteiger partial charge is 0.357 e. The van der Waals surface area contributed by atoms with E-state index in [1.807, 2.05) is 35.4 Å². The summed E-state index contributed by atoms with van der Waals surface area (Å²) in [7, 11) is 0. The molecule has 5 aliphatic rings. The van der Waals surface area contributed by atoms with Gasteiger partial charge in [0, 0.05) is 5.69 Å². The van der Waals surface area contributed by atoms with Crippen LogP contribution >= 0.6 is 0 Å². The van der Waals surface area contributed by atoms with Gasteiger partial charge in [0.2, 0.25) is 0 Å². The Morgan fingerprint density at radius 2 is 1.68 bits per heavy atom. The van der Waals surface area contributed by atoms with E-state index in [0.717, 1.165) is 5.69 Å². The number of nitrogens with zero attached hydrogens (tertiary/aromatic N) is 1. The standard InChI is InChI=1S/C13H12N2O4/c1-2-4-6(5-3-1)14-13-15(19-13)7-8-10(16-8)12-11(17-12)9(7)18-13/h1-5,7-12,14H. The van der Waals surface area contributed by atoms with Crippen LogP contribution in [0, 0.1) is 0 Å². The number of hydrogen-bond acceptors (Lipinski definition) is 6. The molecule has 8 atom stereocenters. The molecular formula is C13H12N2O4. The number of hydroxylamine groups is 2. The first-order chi connectivity index (χ1) is 9.36. The predicted molar refractivity (Wildman–Crippen MR) is 61.7 cm³/mol. The maximum atomic E-state index is 6.07. The van der Waals surface area contributed by atoms with Crippen LogP contribution in [-0.2, 0) is 19.0 Å². The molecule has 4 aliphatic heterocycles. The van der Waals surface area contributed by atoms with Gasteiger partial charge in [-0.15, -0.1) is 0 Å². The van der Waals surface area contributed by atoms with Gasteiger partial charge in [-0.3, -0.25) is 0 Å². The number of nitrogens with one attached hydrogen (secondary N) is 1. The minimum Gasteiger partial charge on any atom is -0.365 e. The summed E-state index contributed by atoms with van der Waals surface area (Å²) in [5.74, 6) is 0. The van der Waals surface area contributed by atoms with E-state index in [0.29, 0.717) is 0 Å². The summed E-state index contributed by atoms with van der Waals surface area (Å²) in [5, 5.41) is 5.18. The lowest BCUT2D eigenvalue weighted by Crippen LogP contribution is -2.43. The summed E-state index contributed by atoms with van der Waals surface area (Å²) >= 11 is 0. The fourth-order valence-electron chi connectivity index (χ4n) is 3.56. The zero-order valence-electron chi connectivity index (χ0n) is 9.93. The third-order valence-electron chi connectivity index (χ3n) is 4.57. The maximum absolute atomic E-state index is 6.07. The first-order valence-electron chi connectivity index (χ1n) is 6.66. The van der Waals surface area contributed by atoms with Crippen LogP contribution in [0.3, 0.4) is 0 Å². The molecule has 4 saturated heterocycles. The minimum absolute atomic E-state index is 0.0544. The Balaban J connectivity index is 1.31. The average Bonchev–Trinajstić information content (AvgIpc) is 3.29. The normalized spacial score (nSPS) is 58.4. The third-order valence-corrected chi connectivity index (χ3v) is 4.57. The highest BCUT2D eigenvalue weighted by Crippen LogP contribution is 2.60. The number of epoxide rings is 2. The van der Waals surface area contributed by atoms with Crippen LogP contribution in [0.25, 0.3) is 0 Å². The van der Waals surface area contributed by atoms with Crippen molar-refractivity contribution in [1.29, 1.82) is 0 Å². The van der Waals surface area contributed by atoms with E-state index >= 15 is 0 Å². The number of benzene rings is 1. The highest BCUT2D eigenvalue weighted by atomic mass is 17.0. The quantitative estimate of drug-likeness (QED) is 0.770. The van der Waals surface area contributed by atoms with Crippen LogP contribution in [0.15, 0.2) is 30.3 Å². The summed E-state index contributed by atoms with van der Waals surface area (Å²) in [5.41, 5.74) is 0.977. The Hall–Kier alpha value is -1.18. The first kappa shape index (κ1) is 9.68. The SMILES string of the molecule is c1ccc(NC23OC4C5OC5C5OC5C4N2O3)cc1. The van der Waals surface area contributed by atoms with Crippen LogP contribution in [0.1, 0.15) is 0 Å². The van der Waals surface area contributed by atoms with Gasteiger partial charge in [-0.25, -0.2) is 4.84 Å². The molecule has 0 spiro atoms. The van der Waals surface area contributed by atoms with Crippen molar-refractivity contribution in [3.05, 3.63) is 30.3 Å². The average molecular weight is 260 g/mol. The van der Waals surface area contributed by atoms with Crippen LogP contribution in [-0.4, -0.2) is 47.7 Å². The van der Waals surface area contributed by atoms with Crippen LogP contribution in [0.5, 0.6) is 0 Å². The van der Waals surface area contributed by atoms with Crippen molar-refractivity contribution >= 4 is 5.69 Å². The number of para-hydroxylation sites is 1. The second-order valence-corrected chi connectivity index (χ2v) is 5.69. The van der Waals surface area contributed by atoms with Gasteiger partial charge in [-0.1, -0.05) is 23.3 Å². The van der Waals surface area contributed by atoms with Gasteiger partial charge in [0.15, 0.2) is 0 Å². The lowest BCUT2D eigenvalue weighted by Gasteiger charge is -2.20. The molecule has 0 aromatic heterocycles. The van der Waals surface area contributed by atoms with Crippen molar-refractivity contribution in [2.24, 2.45) is 0 Å². The van der Waals surface area contributed by atoms with Gasteiger partial charge < -0.3 is 19.5 Å². The number of rotatable bonds is 2. The molecule has 0 bridgehead atoms. The highest BCUT2D eigenvalue weighted by molar-refractivity contribution is 5.45.